The van der Waals surface area contributed by atoms with Crippen molar-refractivity contribution in [2.75, 3.05) is 53.5 Å². The van der Waals surface area contributed by atoms with Crippen LogP contribution in [0, 0.1) is 0 Å². The van der Waals surface area contributed by atoms with Gasteiger partial charge in [-0.25, -0.2) is 0 Å². The molecule has 1 N–H and O–H groups in total. The lowest BCUT2D eigenvalue weighted by Gasteiger charge is -2.38. The van der Waals surface area contributed by atoms with Crippen molar-refractivity contribution in [2.45, 2.75) is 31.4 Å². The summed E-state index contributed by atoms with van der Waals surface area (Å²) >= 11 is 0. The number of methoxy groups -OCH3 is 1. The Kier molecular flexibility index (Phi) is 9.81. The number of aromatic nitrogens is 2. The fourth-order valence-electron chi connectivity index (χ4n) is 4.68. The van der Waals surface area contributed by atoms with Crippen molar-refractivity contribution in [1.82, 2.24) is 24.9 Å². The van der Waals surface area contributed by atoms with Crippen molar-refractivity contribution in [3.8, 4) is 5.75 Å². The molecule has 2 unspecified atom stereocenters. The first kappa shape index (κ1) is 25.8. The molecule has 0 spiro atoms. The number of halogens is 1. The molecule has 2 fully saturated rings. The highest BCUT2D eigenvalue weighted by Crippen LogP contribution is 2.26. The first-order valence-corrected chi connectivity index (χ1v) is 11.6. The van der Waals surface area contributed by atoms with Gasteiger partial charge in [-0.3, -0.25) is 14.6 Å². The van der Waals surface area contributed by atoms with Crippen LogP contribution >= 0.6 is 24.0 Å². The molecule has 0 saturated carbocycles. The summed E-state index contributed by atoms with van der Waals surface area (Å²) in [6.45, 7) is 5.35. The van der Waals surface area contributed by atoms with Gasteiger partial charge < -0.3 is 19.7 Å². The lowest BCUT2D eigenvalue weighted by molar-refractivity contribution is -0.00816. The predicted molar refractivity (Wildman–Crippen MR) is 141 cm³/mol. The zero-order chi connectivity index (χ0) is 22.3. The van der Waals surface area contributed by atoms with Crippen LogP contribution in [0.15, 0.2) is 41.7 Å². The summed E-state index contributed by atoms with van der Waals surface area (Å²) in [5.41, 5.74) is 2.42. The summed E-state index contributed by atoms with van der Waals surface area (Å²) < 4.78 is 13.2. The second-order valence-corrected chi connectivity index (χ2v) is 8.57. The van der Waals surface area contributed by atoms with Crippen molar-refractivity contribution < 1.29 is 9.47 Å². The number of nitrogens with one attached hydrogen (secondary N) is 1. The number of likely N-dealkylation sites (tertiary alicyclic amines) is 1. The summed E-state index contributed by atoms with van der Waals surface area (Å²) in [4.78, 5) is 9.49. The van der Waals surface area contributed by atoms with E-state index >= 15 is 0 Å². The van der Waals surface area contributed by atoms with Gasteiger partial charge in [-0.1, -0.05) is 18.6 Å². The highest BCUT2D eigenvalue weighted by atomic mass is 127. The monoisotopic (exact) mass is 568 g/mol. The second kappa shape index (κ2) is 12.6. The van der Waals surface area contributed by atoms with Gasteiger partial charge in [0.15, 0.2) is 5.96 Å². The van der Waals surface area contributed by atoms with E-state index in [9.17, 15) is 0 Å². The Bertz CT molecular complexity index is 881. The molecule has 3 heterocycles. The number of piperidine rings is 1. The minimum atomic E-state index is 0. The van der Waals surface area contributed by atoms with E-state index in [4.69, 9.17) is 9.47 Å². The van der Waals surface area contributed by atoms with E-state index in [0.717, 1.165) is 50.0 Å². The Balaban J connectivity index is 0.00000306. The molecule has 2 aliphatic rings. The van der Waals surface area contributed by atoms with Gasteiger partial charge in [-0.05, 0) is 43.6 Å². The first-order valence-electron chi connectivity index (χ1n) is 11.6. The quantitative estimate of drug-likeness (QED) is 0.328. The maximum absolute atomic E-state index is 6.02. The van der Waals surface area contributed by atoms with Crippen LogP contribution in [0.25, 0.3) is 0 Å². The van der Waals surface area contributed by atoms with Crippen LogP contribution in [-0.2, 0) is 11.8 Å². The van der Waals surface area contributed by atoms with Crippen LogP contribution in [0.4, 0.5) is 0 Å². The van der Waals surface area contributed by atoms with Gasteiger partial charge in [0.05, 0.1) is 32.5 Å². The molecule has 33 heavy (non-hydrogen) atoms. The number of guanidine groups is 1. The molecule has 0 amide bonds. The highest BCUT2D eigenvalue weighted by molar-refractivity contribution is 14.0. The number of benzene rings is 1. The summed E-state index contributed by atoms with van der Waals surface area (Å²) in [6.07, 6.45) is 7.77. The zero-order valence-corrected chi connectivity index (χ0v) is 22.3. The van der Waals surface area contributed by atoms with E-state index in [1.165, 1.54) is 24.8 Å². The lowest BCUT2D eigenvalue weighted by Crippen LogP contribution is -2.50. The average molecular weight is 569 g/mol. The van der Waals surface area contributed by atoms with E-state index in [0.29, 0.717) is 12.6 Å². The third-order valence-corrected chi connectivity index (χ3v) is 6.46. The van der Waals surface area contributed by atoms with Crippen molar-refractivity contribution in [3.05, 3.63) is 47.8 Å². The summed E-state index contributed by atoms with van der Waals surface area (Å²) in [6, 6.07) is 8.79. The fraction of sp³-hybridized carbons (Fsp3) is 0.583. The Morgan fingerprint density at radius 3 is 2.61 bits per heavy atom. The Labute approximate surface area is 214 Å². The molecule has 1 aromatic heterocycles. The first-order chi connectivity index (χ1) is 15.7. The number of rotatable bonds is 6. The van der Waals surface area contributed by atoms with Crippen molar-refractivity contribution in [2.24, 2.45) is 12.0 Å². The Morgan fingerprint density at radius 2 is 1.97 bits per heavy atom. The normalized spacial score (nSPS) is 20.8. The molecule has 2 saturated heterocycles. The molecule has 2 aromatic rings. The topological polar surface area (TPSA) is 67.2 Å². The minimum Gasteiger partial charge on any atom is -0.497 e. The molecule has 9 heteroatoms. The van der Waals surface area contributed by atoms with E-state index < -0.39 is 0 Å². The van der Waals surface area contributed by atoms with Gasteiger partial charge in [0.25, 0.3) is 0 Å². The largest absolute Gasteiger partial charge is 0.497 e. The lowest BCUT2D eigenvalue weighted by atomic mass is 10.0. The molecule has 2 atom stereocenters. The van der Waals surface area contributed by atoms with Gasteiger partial charge in [0, 0.05) is 38.9 Å². The molecule has 0 aliphatic carbocycles. The third-order valence-electron chi connectivity index (χ3n) is 6.46. The number of aryl methyl sites for hydroxylation is 1. The van der Waals surface area contributed by atoms with Crippen LogP contribution in [0.5, 0.6) is 5.75 Å². The standard InChI is InChI=1S/C24H36N6O2.HI/c1-25-24(30-13-14-32-23(18-30)20-15-27-28(2)17-20)26-16-22(29-11-5-4-6-12-29)19-7-9-21(31-3)10-8-19;/h7-10,15,17,22-23H,4-6,11-14,16,18H2,1-3H3,(H,25,26);1H. The maximum atomic E-state index is 6.02. The van der Waals surface area contributed by atoms with Crippen molar-refractivity contribution in [1.29, 1.82) is 0 Å². The van der Waals surface area contributed by atoms with Crippen molar-refractivity contribution in [3.63, 3.8) is 0 Å². The van der Waals surface area contributed by atoms with E-state index in [-0.39, 0.29) is 30.1 Å². The van der Waals surface area contributed by atoms with Crippen LogP contribution < -0.4 is 10.1 Å². The van der Waals surface area contributed by atoms with Crippen LogP contribution in [0.1, 0.15) is 42.5 Å². The Hall–Kier alpha value is -1.85. The molecule has 2 aliphatic heterocycles. The number of aliphatic imine (C=N–C) groups is 1. The number of ether oxygens (including phenoxy) is 2. The van der Waals surface area contributed by atoms with Crippen LogP contribution in [-0.4, -0.2) is 79.0 Å². The van der Waals surface area contributed by atoms with Gasteiger partial charge in [-0.2, -0.15) is 5.10 Å². The number of hydrogen-bond donors (Lipinski definition) is 1. The van der Waals surface area contributed by atoms with Gasteiger partial charge in [-0.15, -0.1) is 24.0 Å². The molecule has 4 rings (SSSR count). The smallest absolute Gasteiger partial charge is 0.193 e. The Morgan fingerprint density at radius 1 is 1.21 bits per heavy atom. The zero-order valence-electron chi connectivity index (χ0n) is 19.9. The number of hydrogen-bond acceptors (Lipinski definition) is 5. The van der Waals surface area contributed by atoms with Crippen LogP contribution in [0.2, 0.25) is 0 Å². The molecule has 8 nitrogen and oxygen atoms in total. The SMILES string of the molecule is CN=C(NCC(c1ccc(OC)cc1)N1CCCCC1)N1CCOC(c2cnn(C)c2)C1.I. The fourth-order valence-corrected chi connectivity index (χ4v) is 4.68. The minimum absolute atomic E-state index is 0. The van der Waals surface area contributed by atoms with Gasteiger partial charge >= 0.3 is 0 Å². The number of nitrogens with zero attached hydrogens (tertiary/aromatic N) is 5. The molecular formula is C24H37IN6O2. The molecule has 1 aromatic carbocycles. The average Bonchev–Trinajstić information content (AvgIpc) is 3.29. The predicted octanol–water partition coefficient (Wildman–Crippen LogP) is 3.22. The molecule has 182 valence electrons. The maximum Gasteiger partial charge on any atom is 0.193 e. The second-order valence-electron chi connectivity index (χ2n) is 8.57. The highest BCUT2D eigenvalue weighted by Gasteiger charge is 2.27. The van der Waals surface area contributed by atoms with E-state index in [1.54, 1.807) is 7.11 Å². The van der Waals surface area contributed by atoms with E-state index in [1.807, 2.05) is 31.2 Å². The summed E-state index contributed by atoms with van der Waals surface area (Å²) in [5, 5.41) is 7.96. The summed E-state index contributed by atoms with van der Waals surface area (Å²) in [5.74, 6) is 1.82. The van der Waals surface area contributed by atoms with Crippen LogP contribution in [0.3, 0.4) is 0 Å². The van der Waals surface area contributed by atoms with Crippen molar-refractivity contribution >= 4 is 29.9 Å². The van der Waals surface area contributed by atoms with Gasteiger partial charge in [0.2, 0.25) is 0 Å². The number of morpholine rings is 1. The third kappa shape index (κ3) is 6.60. The summed E-state index contributed by atoms with van der Waals surface area (Å²) in [7, 11) is 5.51. The van der Waals surface area contributed by atoms with E-state index in [2.05, 4.69) is 49.5 Å². The molecule has 0 radical (unpaired) electrons. The molecule has 0 bridgehead atoms. The molecular weight excluding hydrogens is 531 g/mol. The van der Waals surface area contributed by atoms with Gasteiger partial charge in [0.1, 0.15) is 11.9 Å².